The maximum absolute atomic E-state index is 14.0. The van der Waals surface area contributed by atoms with Crippen LogP contribution in [-0.4, -0.2) is 66.6 Å². The summed E-state index contributed by atoms with van der Waals surface area (Å²) in [6.45, 7) is 4.98. The number of amides is 2. The number of carbonyl (C=O) groups is 3. The number of aromatic nitrogens is 1. The van der Waals surface area contributed by atoms with Crippen molar-refractivity contribution in [2.45, 2.75) is 30.3 Å². The summed E-state index contributed by atoms with van der Waals surface area (Å²) in [5.41, 5.74) is 0.917. The number of ether oxygens (including phenoxy) is 2. The van der Waals surface area contributed by atoms with E-state index in [1.807, 2.05) is 54.6 Å². The van der Waals surface area contributed by atoms with E-state index in [4.69, 9.17) is 9.47 Å². The highest BCUT2D eigenvalue weighted by atomic mass is 16.5. The van der Waals surface area contributed by atoms with Gasteiger partial charge in [-0.1, -0.05) is 67.3 Å². The lowest BCUT2D eigenvalue weighted by Gasteiger charge is -2.42. The van der Waals surface area contributed by atoms with Crippen molar-refractivity contribution in [2.24, 2.45) is 0 Å². The molecule has 212 valence electrons. The number of esters is 1. The number of morpholine rings is 1. The van der Waals surface area contributed by atoms with Crippen molar-refractivity contribution in [2.75, 3.05) is 32.8 Å². The molecule has 0 radical (unpaired) electrons. The Balaban J connectivity index is 1.36. The molecule has 0 saturated carbocycles. The smallest absolute Gasteiger partial charge is 0.321 e. The Labute approximate surface area is 238 Å². The molecule has 2 N–H and O–H groups in total. The van der Waals surface area contributed by atoms with Crippen LogP contribution in [0.2, 0.25) is 0 Å². The van der Waals surface area contributed by atoms with Crippen molar-refractivity contribution in [3.63, 3.8) is 0 Å². The highest BCUT2D eigenvalue weighted by molar-refractivity contribution is 5.94. The molecule has 2 amide bonds. The lowest BCUT2D eigenvalue weighted by Crippen LogP contribution is -2.52. The van der Waals surface area contributed by atoms with Gasteiger partial charge in [0.05, 0.1) is 18.6 Å². The number of fused-ring (bicyclic) bond motifs is 1. The fourth-order valence-electron chi connectivity index (χ4n) is 5.87. The standard InChI is InChI=1S/C32H33N3O6/c1-2-18-41-31(39)32(22-9-4-3-5-10-22)15-14-25(24-11-6-7-13-27(24)32)30(38)35-17-19-40-23(21-35)20-34-29(37)26-12-8-16-33-28(26)36/h2-13,16,23,25H,1,14-15,17-21H2,(H,33,36)(H,34,37). The molecule has 3 atom stereocenters. The molecule has 9 heteroatoms. The number of pyridine rings is 1. The topological polar surface area (TPSA) is 118 Å². The Morgan fingerprint density at radius 1 is 1.10 bits per heavy atom. The number of rotatable bonds is 8. The van der Waals surface area contributed by atoms with Crippen LogP contribution in [0.4, 0.5) is 0 Å². The molecule has 3 unspecified atom stereocenters. The average molecular weight is 556 g/mol. The number of hydrogen-bond acceptors (Lipinski definition) is 6. The fraction of sp³-hybridized carbons (Fsp3) is 0.312. The van der Waals surface area contributed by atoms with E-state index in [-0.39, 0.29) is 30.6 Å². The zero-order valence-electron chi connectivity index (χ0n) is 22.7. The van der Waals surface area contributed by atoms with E-state index in [0.29, 0.717) is 32.5 Å². The number of aromatic amines is 1. The summed E-state index contributed by atoms with van der Waals surface area (Å²) in [6, 6.07) is 20.2. The molecule has 9 nitrogen and oxygen atoms in total. The molecule has 5 rings (SSSR count). The molecule has 1 aromatic heterocycles. The summed E-state index contributed by atoms with van der Waals surface area (Å²) < 4.78 is 11.5. The average Bonchev–Trinajstić information content (AvgIpc) is 3.02. The molecule has 2 aromatic carbocycles. The minimum absolute atomic E-state index is 0.0172. The van der Waals surface area contributed by atoms with Crippen LogP contribution >= 0.6 is 0 Å². The number of nitrogens with zero attached hydrogens (tertiary/aromatic N) is 1. The second-order valence-electron chi connectivity index (χ2n) is 10.2. The molecule has 1 saturated heterocycles. The van der Waals surface area contributed by atoms with Gasteiger partial charge in [0, 0.05) is 25.8 Å². The van der Waals surface area contributed by atoms with Crippen LogP contribution in [0.1, 0.15) is 45.8 Å². The lowest BCUT2D eigenvalue weighted by molar-refractivity contribution is -0.149. The largest absolute Gasteiger partial charge is 0.461 e. The zero-order chi connectivity index (χ0) is 28.8. The van der Waals surface area contributed by atoms with Crippen LogP contribution in [0, 0.1) is 0 Å². The molecule has 1 fully saturated rings. The molecular weight excluding hydrogens is 522 g/mol. The Morgan fingerprint density at radius 2 is 1.88 bits per heavy atom. The monoisotopic (exact) mass is 555 g/mol. The van der Waals surface area contributed by atoms with E-state index < -0.39 is 28.9 Å². The number of carbonyl (C=O) groups excluding carboxylic acids is 3. The van der Waals surface area contributed by atoms with E-state index in [9.17, 15) is 19.2 Å². The van der Waals surface area contributed by atoms with Gasteiger partial charge in [-0.3, -0.25) is 19.2 Å². The summed E-state index contributed by atoms with van der Waals surface area (Å²) in [5.74, 6) is -1.34. The van der Waals surface area contributed by atoms with Gasteiger partial charge >= 0.3 is 5.97 Å². The molecule has 2 heterocycles. The summed E-state index contributed by atoms with van der Waals surface area (Å²) >= 11 is 0. The second kappa shape index (κ2) is 12.3. The molecular formula is C32H33N3O6. The van der Waals surface area contributed by atoms with Crippen LogP contribution in [0.5, 0.6) is 0 Å². The Kier molecular flexibility index (Phi) is 8.45. The van der Waals surface area contributed by atoms with E-state index in [2.05, 4.69) is 16.9 Å². The van der Waals surface area contributed by atoms with Gasteiger partial charge in [-0.2, -0.15) is 0 Å². The first-order chi connectivity index (χ1) is 20.0. The number of hydrogen-bond donors (Lipinski definition) is 2. The van der Waals surface area contributed by atoms with Crippen LogP contribution in [-0.2, 0) is 24.5 Å². The van der Waals surface area contributed by atoms with Gasteiger partial charge in [0.1, 0.15) is 17.6 Å². The van der Waals surface area contributed by atoms with Crippen LogP contribution < -0.4 is 10.9 Å². The third-order valence-electron chi connectivity index (χ3n) is 7.85. The Morgan fingerprint density at radius 3 is 2.66 bits per heavy atom. The van der Waals surface area contributed by atoms with Crippen LogP contribution in [0.25, 0.3) is 0 Å². The van der Waals surface area contributed by atoms with Gasteiger partial charge < -0.3 is 24.7 Å². The molecule has 3 aromatic rings. The quantitative estimate of drug-likeness (QED) is 0.326. The van der Waals surface area contributed by atoms with Gasteiger partial charge in [-0.15, -0.1) is 0 Å². The summed E-state index contributed by atoms with van der Waals surface area (Å²) in [5, 5.41) is 2.74. The van der Waals surface area contributed by atoms with Gasteiger partial charge in [0.15, 0.2) is 0 Å². The Hall–Kier alpha value is -4.50. The number of benzene rings is 2. The maximum Gasteiger partial charge on any atom is 0.321 e. The predicted octanol–water partition coefficient (Wildman–Crippen LogP) is 2.93. The van der Waals surface area contributed by atoms with Crippen molar-refractivity contribution in [1.29, 1.82) is 0 Å². The first-order valence-electron chi connectivity index (χ1n) is 13.7. The van der Waals surface area contributed by atoms with Crippen LogP contribution in [0.15, 0.2) is 90.4 Å². The van der Waals surface area contributed by atoms with Crippen molar-refractivity contribution in [3.05, 3.63) is 118 Å². The highest BCUT2D eigenvalue weighted by Gasteiger charge is 2.50. The van der Waals surface area contributed by atoms with Crippen molar-refractivity contribution < 1.29 is 23.9 Å². The molecule has 41 heavy (non-hydrogen) atoms. The first-order valence-corrected chi connectivity index (χ1v) is 13.7. The Bertz CT molecular complexity index is 1490. The highest BCUT2D eigenvalue weighted by Crippen LogP contribution is 2.48. The molecule has 1 aliphatic carbocycles. The van der Waals surface area contributed by atoms with E-state index in [1.165, 1.54) is 12.3 Å². The zero-order valence-corrected chi connectivity index (χ0v) is 22.7. The summed E-state index contributed by atoms with van der Waals surface area (Å²) in [7, 11) is 0. The van der Waals surface area contributed by atoms with Gasteiger partial charge in [-0.05, 0) is 41.7 Å². The maximum atomic E-state index is 14.0. The van der Waals surface area contributed by atoms with E-state index in [1.54, 1.807) is 17.0 Å². The van der Waals surface area contributed by atoms with E-state index in [0.717, 1.165) is 16.7 Å². The van der Waals surface area contributed by atoms with Gasteiger partial charge in [0.2, 0.25) is 5.91 Å². The fourth-order valence-corrected chi connectivity index (χ4v) is 5.87. The summed E-state index contributed by atoms with van der Waals surface area (Å²) in [4.78, 5) is 56.3. The van der Waals surface area contributed by atoms with Gasteiger partial charge in [0.25, 0.3) is 11.5 Å². The minimum atomic E-state index is -1.04. The van der Waals surface area contributed by atoms with E-state index >= 15 is 0 Å². The minimum Gasteiger partial charge on any atom is -0.461 e. The van der Waals surface area contributed by atoms with Gasteiger partial charge in [-0.25, -0.2) is 0 Å². The SMILES string of the molecule is C=CCOC(=O)C1(c2ccccc2)CCC(C(=O)N2CCOC(CNC(=O)c3ccc[nH]c3=O)C2)c2ccccc21. The second-order valence-corrected chi connectivity index (χ2v) is 10.2. The number of nitrogens with one attached hydrogen (secondary N) is 2. The molecule has 0 spiro atoms. The lowest BCUT2D eigenvalue weighted by atomic mass is 9.63. The first kappa shape index (κ1) is 28.0. The van der Waals surface area contributed by atoms with Crippen molar-refractivity contribution in [3.8, 4) is 0 Å². The third-order valence-corrected chi connectivity index (χ3v) is 7.85. The number of H-pyrrole nitrogens is 1. The summed E-state index contributed by atoms with van der Waals surface area (Å²) in [6.07, 6.45) is 3.46. The molecule has 2 aliphatic rings. The molecule has 1 aliphatic heterocycles. The molecule has 0 bridgehead atoms. The third kappa shape index (κ3) is 5.58. The normalized spacial score (nSPS) is 21.8. The van der Waals surface area contributed by atoms with Crippen molar-refractivity contribution >= 4 is 17.8 Å². The van der Waals surface area contributed by atoms with Crippen molar-refractivity contribution in [1.82, 2.24) is 15.2 Å². The predicted molar refractivity (Wildman–Crippen MR) is 153 cm³/mol. The van der Waals surface area contributed by atoms with Crippen LogP contribution in [0.3, 0.4) is 0 Å².